The first-order chi connectivity index (χ1) is 8.25. The molecule has 0 unspecified atom stereocenters. The van der Waals surface area contributed by atoms with E-state index in [4.69, 9.17) is 10.3 Å². The van der Waals surface area contributed by atoms with Crippen molar-refractivity contribution in [1.29, 1.82) is 0 Å². The Hall–Kier alpha value is -2.30. The third kappa shape index (κ3) is 1.56. The zero-order valence-electron chi connectivity index (χ0n) is 9.09. The third-order valence-electron chi connectivity index (χ3n) is 2.96. The number of amides is 1. The maximum absolute atomic E-state index is 12.1. The number of carbonyl (C=O) groups excluding carboxylic acids is 1. The van der Waals surface area contributed by atoms with E-state index in [1.54, 1.807) is 4.90 Å². The molecule has 2 N–H and O–H groups in total. The van der Waals surface area contributed by atoms with Gasteiger partial charge in [0.15, 0.2) is 0 Å². The van der Waals surface area contributed by atoms with Crippen LogP contribution in [0.4, 0.5) is 5.88 Å². The highest BCUT2D eigenvalue weighted by molar-refractivity contribution is 5.97. The van der Waals surface area contributed by atoms with Gasteiger partial charge in [0, 0.05) is 13.1 Å². The van der Waals surface area contributed by atoms with Gasteiger partial charge in [-0.1, -0.05) is 29.4 Å². The van der Waals surface area contributed by atoms with Crippen LogP contribution >= 0.6 is 0 Å². The van der Waals surface area contributed by atoms with Crippen LogP contribution in [0.1, 0.15) is 21.5 Å². The highest BCUT2D eigenvalue weighted by Crippen LogP contribution is 2.25. The summed E-state index contributed by atoms with van der Waals surface area (Å²) in [6.45, 7) is 1.22. The van der Waals surface area contributed by atoms with E-state index in [1.807, 2.05) is 24.3 Å². The van der Waals surface area contributed by atoms with Crippen molar-refractivity contribution in [3.8, 4) is 0 Å². The molecule has 0 aliphatic carbocycles. The molecule has 1 aromatic carbocycles. The quantitative estimate of drug-likeness (QED) is 0.802. The molecule has 0 spiro atoms. The first kappa shape index (κ1) is 9.89. The minimum Gasteiger partial charge on any atom is -0.367 e. The fraction of sp³-hybridized carbons (Fsp3) is 0.167. The summed E-state index contributed by atoms with van der Waals surface area (Å²) in [6.07, 6.45) is 1.36. The predicted octanol–water partition coefficient (Wildman–Crippen LogP) is 1.41. The molecule has 0 bridgehead atoms. The van der Waals surface area contributed by atoms with Crippen LogP contribution in [0.3, 0.4) is 0 Å². The van der Waals surface area contributed by atoms with E-state index in [-0.39, 0.29) is 11.8 Å². The minimum absolute atomic E-state index is 0.0750. The van der Waals surface area contributed by atoms with E-state index in [0.29, 0.717) is 18.7 Å². The average molecular weight is 229 g/mol. The van der Waals surface area contributed by atoms with Crippen molar-refractivity contribution in [3.63, 3.8) is 0 Å². The Balaban J connectivity index is 1.86. The van der Waals surface area contributed by atoms with Crippen LogP contribution < -0.4 is 5.73 Å². The first-order valence-electron chi connectivity index (χ1n) is 5.32. The Bertz CT molecular complexity index is 552. The number of nitrogen functional groups attached to an aromatic ring is 1. The molecule has 5 nitrogen and oxygen atoms in total. The molecule has 0 saturated carbocycles. The molecule has 2 heterocycles. The van der Waals surface area contributed by atoms with Gasteiger partial charge >= 0.3 is 0 Å². The molecule has 0 fully saturated rings. The number of aromatic nitrogens is 1. The van der Waals surface area contributed by atoms with Crippen LogP contribution in [0.5, 0.6) is 0 Å². The fourth-order valence-corrected chi connectivity index (χ4v) is 2.06. The molecule has 2 aromatic rings. The zero-order chi connectivity index (χ0) is 11.8. The van der Waals surface area contributed by atoms with Crippen molar-refractivity contribution in [2.45, 2.75) is 13.1 Å². The monoisotopic (exact) mass is 229 g/mol. The van der Waals surface area contributed by atoms with Crippen LogP contribution in [0.2, 0.25) is 0 Å². The molecule has 86 valence electrons. The standard InChI is InChI=1S/C12H11N3O2/c13-11-10(5-14-17-11)12(16)15-6-8-3-1-2-4-9(8)7-15/h1-5H,6-7,13H2. The smallest absolute Gasteiger partial charge is 0.261 e. The Morgan fingerprint density at radius 2 is 1.94 bits per heavy atom. The topological polar surface area (TPSA) is 72.4 Å². The highest BCUT2D eigenvalue weighted by atomic mass is 16.5. The van der Waals surface area contributed by atoms with Crippen molar-refractivity contribution in [2.24, 2.45) is 0 Å². The van der Waals surface area contributed by atoms with Gasteiger partial charge in [-0.05, 0) is 11.1 Å². The van der Waals surface area contributed by atoms with Crippen molar-refractivity contribution < 1.29 is 9.32 Å². The van der Waals surface area contributed by atoms with Crippen LogP contribution in [-0.2, 0) is 13.1 Å². The van der Waals surface area contributed by atoms with Gasteiger partial charge in [0.25, 0.3) is 5.91 Å². The number of anilines is 1. The maximum Gasteiger partial charge on any atom is 0.261 e. The van der Waals surface area contributed by atoms with E-state index in [0.717, 1.165) is 0 Å². The van der Waals surface area contributed by atoms with Crippen molar-refractivity contribution in [2.75, 3.05) is 5.73 Å². The molecule has 1 amide bonds. The van der Waals surface area contributed by atoms with Gasteiger partial charge in [0.1, 0.15) is 5.56 Å². The second-order valence-electron chi connectivity index (χ2n) is 4.03. The molecule has 5 heteroatoms. The Morgan fingerprint density at radius 3 is 2.47 bits per heavy atom. The van der Waals surface area contributed by atoms with Crippen molar-refractivity contribution >= 4 is 11.8 Å². The van der Waals surface area contributed by atoms with E-state index in [1.165, 1.54) is 17.3 Å². The second-order valence-corrected chi connectivity index (χ2v) is 4.03. The van der Waals surface area contributed by atoms with E-state index >= 15 is 0 Å². The Kier molecular flexibility index (Phi) is 2.11. The SMILES string of the molecule is Nc1oncc1C(=O)N1Cc2ccccc2C1. The summed E-state index contributed by atoms with van der Waals surface area (Å²) in [6, 6.07) is 8.00. The van der Waals surface area contributed by atoms with E-state index < -0.39 is 0 Å². The van der Waals surface area contributed by atoms with Gasteiger partial charge in [-0.25, -0.2) is 0 Å². The molecular formula is C12H11N3O2. The summed E-state index contributed by atoms with van der Waals surface area (Å²) in [5.41, 5.74) is 8.22. The molecule has 3 rings (SSSR count). The number of benzene rings is 1. The average Bonchev–Trinajstić information content (AvgIpc) is 2.93. The summed E-state index contributed by atoms with van der Waals surface area (Å²) in [7, 11) is 0. The number of nitrogens with zero attached hydrogens (tertiary/aromatic N) is 2. The van der Waals surface area contributed by atoms with Crippen LogP contribution in [0.25, 0.3) is 0 Å². The third-order valence-corrected chi connectivity index (χ3v) is 2.96. The number of nitrogens with two attached hydrogens (primary N) is 1. The predicted molar refractivity (Wildman–Crippen MR) is 60.9 cm³/mol. The number of carbonyl (C=O) groups is 1. The molecule has 1 aromatic heterocycles. The van der Waals surface area contributed by atoms with Crippen LogP contribution in [-0.4, -0.2) is 16.0 Å². The summed E-state index contributed by atoms with van der Waals surface area (Å²) in [5, 5.41) is 3.52. The molecule has 17 heavy (non-hydrogen) atoms. The lowest BCUT2D eigenvalue weighted by Crippen LogP contribution is -2.25. The highest BCUT2D eigenvalue weighted by Gasteiger charge is 2.26. The second kappa shape index (κ2) is 3.62. The number of rotatable bonds is 1. The maximum atomic E-state index is 12.1. The summed E-state index contributed by atoms with van der Waals surface area (Å²) >= 11 is 0. The number of hydrogen-bond donors (Lipinski definition) is 1. The minimum atomic E-state index is -0.139. The van der Waals surface area contributed by atoms with Gasteiger partial charge in [-0.2, -0.15) is 0 Å². The molecule has 0 atom stereocenters. The van der Waals surface area contributed by atoms with Gasteiger partial charge in [0.05, 0.1) is 6.20 Å². The van der Waals surface area contributed by atoms with Gasteiger partial charge in [-0.3, -0.25) is 4.79 Å². The van der Waals surface area contributed by atoms with Crippen molar-refractivity contribution in [1.82, 2.24) is 10.1 Å². The zero-order valence-corrected chi connectivity index (χ0v) is 9.09. The number of hydrogen-bond acceptors (Lipinski definition) is 4. The lowest BCUT2D eigenvalue weighted by atomic mass is 10.1. The van der Waals surface area contributed by atoms with E-state index in [9.17, 15) is 4.79 Å². The van der Waals surface area contributed by atoms with Crippen LogP contribution in [0.15, 0.2) is 35.0 Å². The van der Waals surface area contributed by atoms with E-state index in [2.05, 4.69) is 5.16 Å². The fourth-order valence-electron chi connectivity index (χ4n) is 2.06. The lowest BCUT2D eigenvalue weighted by Gasteiger charge is -2.13. The Labute approximate surface area is 97.8 Å². The molecule has 1 aliphatic heterocycles. The first-order valence-corrected chi connectivity index (χ1v) is 5.32. The van der Waals surface area contributed by atoms with Gasteiger partial charge in [0.2, 0.25) is 5.88 Å². The Morgan fingerprint density at radius 1 is 1.29 bits per heavy atom. The van der Waals surface area contributed by atoms with Gasteiger partial charge < -0.3 is 15.2 Å². The lowest BCUT2D eigenvalue weighted by molar-refractivity contribution is 0.0752. The van der Waals surface area contributed by atoms with Crippen LogP contribution in [0, 0.1) is 0 Å². The molecular weight excluding hydrogens is 218 g/mol. The summed E-state index contributed by atoms with van der Waals surface area (Å²) < 4.78 is 4.70. The molecule has 0 saturated heterocycles. The normalized spacial score (nSPS) is 13.8. The molecule has 0 radical (unpaired) electrons. The number of fused-ring (bicyclic) bond motifs is 1. The largest absolute Gasteiger partial charge is 0.367 e. The summed E-state index contributed by atoms with van der Waals surface area (Å²) in [4.78, 5) is 13.9. The van der Waals surface area contributed by atoms with Crippen molar-refractivity contribution in [3.05, 3.63) is 47.2 Å². The summed E-state index contributed by atoms with van der Waals surface area (Å²) in [5.74, 6) is -0.0640. The van der Waals surface area contributed by atoms with Gasteiger partial charge in [-0.15, -0.1) is 0 Å². The molecule has 1 aliphatic rings.